The first-order valence-electron chi connectivity index (χ1n) is 8.85. The number of aryl methyl sites for hydroxylation is 1. The molecule has 0 fully saturated rings. The average Bonchev–Trinajstić information content (AvgIpc) is 2.95. The van der Waals surface area contributed by atoms with Crippen LogP contribution in [0.5, 0.6) is 17.4 Å². The lowest BCUT2D eigenvalue weighted by atomic mass is 9.87. The molecule has 6 nitrogen and oxygen atoms in total. The molecule has 0 amide bonds. The van der Waals surface area contributed by atoms with Crippen molar-refractivity contribution in [1.29, 1.82) is 0 Å². The van der Waals surface area contributed by atoms with Crippen molar-refractivity contribution in [3.05, 3.63) is 43.4 Å². The van der Waals surface area contributed by atoms with Crippen molar-refractivity contribution in [2.45, 2.75) is 45.6 Å². The van der Waals surface area contributed by atoms with Gasteiger partial charge in [0.1, 0.15) is 17.1 Å². The van der Waals surface area contributed by atoms with Crippen LogP contribution in [0, 0.1) is 13.8 Å². The average molecular weight is 391 g/mol. The first-order valence-corrected chi connectivity index (χ1v) is 9.67. The zero-order valence-electron chi connectivity index (χ0n) is 16.0. The number of aromatic hydroxyl groups is 1. The van der Waals surface area contributed by atoms with E-state index in [0.717, 1.165) is 52.4 Å². The maximum atomic E-state index is 11.3. The summed E-state index contributed by atoms with van der Waals surface area (Å²) in [7, 11) is 1.61. The Morgan fingerprint density at radius 2 is 2.19 bits per heavy atom. The zero-order valence-corrected chi connectivity index (χ0v) is 16.9. The molecule has 0 saturated carbocycles. The second-order valence-corrected chi connectivity index (χ2v) is 8.06. The summed E-state index contributed by atoms with van der Waals surface area (Å²) in [5, 5.41) is 9.67. The molecule has 0 radical (unpaired) electrons. The molecule has 0 saturated heterocycles. The van der Waals surface area contributed by atoms with Gasteiger partial charge in [0.05, 0.1) is 4.88 Å². The van der Waals surface area contributed by atoms with Crippen LogP contribution >= 0.6 is 11.3 Å². The van der Waals surface area contributed by atoms with Gasteiger partial charge < -0.3 is 19.3 Å². The number of aromatic amines is 1. The number of rotatable bonds is 6. The molecular formula is C20H25NO5S. The summed E-state index contributed by atoms with van der Waals surface area (Å²) in [6.07, 6.45) is 6.15. The smallest absolute Gasteiger partial charge is 0.307 e. The lowest BCUT2D eigenvalue weighted by molar-refractivity contribution is 0.0489. The summed E-state index contributed by atoms with van der Waals surface area (Å²) < 4.78 is 17.1. The Hall–Kier alpha value is -2.25. The van der Waals surface area contributed by atoms with Crippen LogP contribution in [0.1, 0.15) is 41.3 Å². The highest BCUT2D eigenvalue weighted by Gasteiger charge is 2.32. The van der Waals surface area contributed by atoms with E-state index >= 15 is 0 Å². The van der Waals surface area contributed by atoms with Gasteiger partial charge in [-0.15, -0.1) is 0 Å². The molecule has 0 aliphatic carbocycles. The molecule has 1 atom stereocenters. The van der Waals surface area contributed by atoms with Crippen molar-refractivity contribution in [3.8, 4) is 17.4 Å². The van der Waals surface area contributed by atoms with Crippen LogP contribution in [0.25, 0.3) is 6.08 Å². The monoisotopic (exact) mass is 391 g/mol. The lowest BCUT2D eigenvalue weighted by Gasteiger charge is -2.36. The van der Waals surface area contributed by atoms with E-state index in [1.165, 1.54) is 0 Å². The molecule has 146 valence electrons. The Balaban J connectivity index is 1.77. The van der Waals surface area contributed by atoms with Gasteiger partial charge in [-0.2, -0.15) is 0 Å². The number of nitrogens with one attached hydrogen (secondary N) is 1. The third kappa shape index (κ3) is 4.20. The van der Waals surface area contributed by atoms with E-state index < -0.39 is 0 Å². The van der Waals surface area contributed by atoms with E-state index in [4.69, 9.17) is 14.2 Å². The Morgan fingerprint density at radius 3 is 2.85 bits per heavy atom. The van der Waals surface area contributed by atoms with Gasteiger partial charge in [0.15, 0.2) is 6.79 Å². The minimum Gasteiger partial charge on any atom is -0.493 e. The Kier molecular flexibility index (Phi) is 5.62. The Labute approximate surface area is 162 Å². The van der Waals surface area contributed by atoms with Gasteiger partial charge in [-0.1, -0.05) is 17.4 Å². The van der Waals surface area contributed by atoms with E-state index in [1.807, 2.05) is 26.0 Å². The summed E-state index contributed by atoms with van der Waals surface area (Å²) in [6.45, 7) is 6.38. The van der Waals surface area contributed by atoms with E-state index in [1.54, 1.807) is 13.2 Å². The standard InChI is InChI=1S/C20H25NO5S/c1-12-13(2)17-14(10-15(12)25-11-24-4)7-9-20(3,26-17)8-5-6-16-18(22)21-19(23)27-16/h5-6,10,22H,7-9,11H2,1-4H3,(H,21,23). The van der Waals surface area contributed by atoms with Gasteiger partial charge in [0.2, 0.25) is 5.88 Å². The fourth-order valence-electron chi connectivity index (χ4n) is 3.23. The molecule has 0 bridgehead atoms. The largest absolute Gasteiger partial charge is 0.493 e. The Bertz CT molecular complexity index is 914. The highest BCUT2D eigenvalue weighted by molar-refractivity contribution is 7.10. The molecule has 1 aromatic carbocycles. The minimum absolute atomic E-state index is 0.0867. The molecule has 1 unspecified atom stereocenters. The number of benzene rings is 1. The second kappa shape index (κ2) is 7.78. The predicted molar refractivity (Wildman–Crippen MR) is 106 cm³/mol. The number of hydrogen-bond donors (Lipinski definition) is 2. The van der Waals surface area contributed by atoms with Crippen molar-refractivity contribution in [2.75, 3.05) is 13.9 Å². The first kappa shape index (κ1) is 19.5. The zero-order chi connectivity index (χ0) is 19.6. The van der Waals surface area contributed by atoms with Crippen LogP contribution in [-0.2, 0) is 11.2 Å². The molecule has 7 heteroatoms. The van der Waals surface area contributed by atoms with Crippen LogP contribution in [0.4, 0.5) is 0 Å². The molecule has 3 rings (SSSR count). The number of H-pyrrole nitrogens is 1. The molecule has 2 heterocycles. The maximum absolute atomic E-state index is 11.3. The molecule has 27 heavy (non-hydrogen) atoms. The topological polar surface area (TPSA) is 80.8 Å². The third-order valence-corrected chi connectivity index (χ3v) is 5.79. The van der Waals surface area contributed by atoms with Crippen LogP contribution < -0.4 is 14.3 Å². The van der Waals surface area contributed by atoms with Crippen LogP contribution in [0.3, 0.4) is 0 Å². The number of ether oxygens (including phenoxy) is 3. The molecule has 1 aliphatic heterocycles. The third-order valence-electron chi connectivity index (χ3n) is 4.95. The van der Waals surface area contributed by atoms with Gasteiger partial charge >= 0.3 is 4.87 Å². The summed E-state index contributed by atoms with van der Waals surface area (Å²) in [5.41, 5.74) is 2.93. The van der Waals surface area contributed by atoms with Gasteiger partial charge in [0.25, 0.3) is 0 Å². The number of fused-ring (bicyclic) bond motifs is 1. The van der Waals surface area contributed by atoms with Gasteiger partial charge in [-0.3, -0.25) is 9.78 Å². The van der Waals surface area contributed by atoms with Crippen LogP contribution in [0.2, 0.25) is 0 Å². The van der Waals surface area contributed by atoms with Crippen LogP contribution in [0.15, 0.2) is 16.9 Å². The number of aromatic nitrogens is 1. The summed E-state index contributed by atoms with van der Waals surface area (Å²) in [5.74, 6) is 1.67. The van der Waals surface area contributed by atoms with Gasteiger partial charge in [-0.25, -0.2) is 0 Å². The van der Waals surface area contributed by atoms with Crippen molar-refractivity contribution >= 4 is 17.4 Å². The van der Waals surface area contributed by atoms with E-state index in [2.05, 4.69) is 11.9 Å². The molecular weight excluding hydrogens is 366 g/mol. The Morgan fingerprint density at radius 1 is 1.41 bits per heavy atom. The van der Waals surface area contributed by atoms with E-state index in [9.17, 15) is 9.90 Å². The fourth-order valence-corrected chi connectivity index (χ4v) is 3.89. The van der Waals surface area contributed by atoms with Gasteiger partial charge in [0, 0.05) is 13.5 Å². The molecule has 1 aliphatic rings. The summed E-state index contributed by atoms with van der Waals surface area (Å²) in [4.78, 5) is 13.9. The highest BCUT2D eigenvalue weighted by Crippen LogP contribution is 2.42. The SMILES string of the molecule is COCOc1cc2c(c(C)c1C)OC(C)(CC=Cc1sc(=O)[nH]c1O)CC2. The maximum Gasteiger partial charge on any atom is 0.307 e. The van der Waals surface area contributed by atoms with E-state index in [-0.39, 0.29) is 23.1 Å². The van der Waals surface area contributed by atoms with Crippen molar-refractivity contribution in [3.63, 3.8) is 0 Å². The van der Waals surface area contributed by atoms with Crippen molar-refractivity contribution < 1.29 is 19.3 Å². The normalized spacial score (nSPS) is 19.1. The summed E-state index contributed by atoms with van der Waals surface area (Å²) >= 11 is 0.988. The first-order chi connectivity index (χ1) is 12.8. The van der Waals surface area contributed by atoms with E-state index in [0.29, 0.717) is 11.3 Å². The van der Waals surface area contributed by atoms with Gasteiger partial charge in [-0.05, 0) is 62.4 Å². The quantitative estimate of drug-likeness (QED) is 0.730. The number of hydrogen-bond acceptors (Lipinski definition) is 6. The molecule has 2 aromatic rings. The van der Waals surface area contributed by atoms with Crippen molar-refractivity contribution in [1.82, 2.24) is 4.98 Å². The van der Waals surface area contributed by atoms with Crippen LogP contribution in [-0.4, -0.2) is 29.6 Å². The lowest BCUT2D eigenvalue weighted by Crippen LogP contribution is -2.36. The summed E-state index contributed by atoms with van der Waals surface area (Å²) in [6, 6.07) is 2.04. The number of thiazole rings is 1. The van der Waals surface area contributed by atoms with Crippen molar-refractivity contribution in [2.24, 2.45) is 0 Å². The highest BCUT2D eigenvalue weighted by atomic mass is 32.1. The predicted octanol–water partition coefficient (Wildman–Crippen LogP) is 3.93. The second-order valence-electron chi connectivity index (χ2n) is 7.05. The fraction of sp³-hybridized carbons (Fsp3) is 0.450. The number of methoxy groups -OCH3 is 1. The minimum atomic E-state index is -0.341. The molecule has 0 spiro atoms. The molecule has 1 aromatic heterocycles. The molecule has 2 N–H and O–H groups in total.